The monoisotopic (exact) mass is 253 g/mol. The summed E-state index contributed by atoms with van der Waals surface area (Å²) in [5, 5.41) is 2.92. The highest BCUT2D eigenvalue weighted by Gasteiger charge is 2.11. The molecule has 0 bridgehead atoms. The summed E-state index contributed by atoms with van der Waals surface area (Å²) in [6.07, 6.45) is 0.928. The molecule has 0 radical (unpaired) electrons. The van der Waals surface area contributed by atoms with Gasteiger partial charge in [0.25, 0.3) is 0 Å². The Hall–Kier alpha value is -1.59. The van der Waals surface area contributed by atoms with Crippen molar-refractivity contribution in [3.05, 3.63) is 0 Å². The van der Waals surface area contributed by atoms with Crippen molar-refractivity contribution in [1.29, 1.82) is 0 Å². The van der Waals surface area contributed by atoms with Crippen LogP contribution in [-0.2, 0) is 0 Å². The van der Waals surface area contributed by atoms with Crippen molar-refractivity contribution in [2.24, 2.45) is 5.92 Å². The first-order valence-corrected chi connectivity index (χ1v) is 6.34. The number of hydrogen-bond donors (Lipinski definition) is 1. The number of ether oxygens (including phenoxy) is 1. The third-order valence-electron chi connectivity index (χ3n) is 2.24. The van der Waals surface area contributed by atoms with Gasteiger partial charge in [-0.05, 0) is 12.3 Å². The maximum atomic E-state index is 5.46. The number of anilines is 2. The first kappa shape index (κ1) is 14.5. The van der Waals surface area contributed by atoms with Crippen LogP contribution in [0.5, 0.6) is 6.01 Å². The lowest BCUT2D eigenvalue weighted by Gasteiger charge is -2.19. The third-order valence-corrected chi connectivity index (χ3v) is 2.24. The van der Waals surface area contributed by atoms with E-state index in [1.165, 1.54) is 0 Å². The second-order valence-corrected chi connectivity index (χ2v) is 4.61. The molecule has 0 unspecified atom stereocenters. The number of aromatic nitrogens is 3. The average Bonchev–Trinajstić information content (AvgIpc) is 2.35. The molecule has 6 heteroatoms. The van der Waals surface area contributed by atoms with Crippen LogP contribution in [0, 0.1) is 5.92 Å². The van der Waals surface area contributed by atoms with Crippen LogP contribution in [0.1, 0.15) is 27.2 Å². The fourth-order valence-corrected chi connectivity index (χ4v) is 1.52. The van der Waals surface area contributed by atoms with Gasteiger partial charge in [0.05, 0.1) is 6.61 Å². The molecule has 0 aliphatic heterocycles. The summed E-state index contributed by atoms with van der Waals surface area (Å²) in [6, 6.07) is 0.377. The molecule has 0 aliphatic carbocycles. The second kappa shape index (κ2) is 6.98. The van der Waals surface area contributed by atoms with E-state index in [0.717, 1.165) is 13.0 Å². The lowest BCUT2D eigenvalue weighted by molar-refractivity contribution is 0.292. The van der Waals surface area contributed by atoms with Gasteiger partial charge in [0, 0.05) is 20.6 Å². The lowest BCUT2D eigenvalue weighted by atomic mass is 10.2. The van der Waals surface area contributed by atoms with E-state index in [9.17, 15) is 0 Å². The van der Waals surface area contributed by atoms with Crippen LogP contribution in [0.4, 0.5) is 11.9 Å². The van der Waals surface area contributed by atoms with E-state index in [-0.39, 0.29) is 0 Å². The van der Waals surface area contributed by atoms with Crippen molar-refractivity contribution >= 4 is 11.9 Å². The molecule has 6 nitrogen and oxygen atoms in total. The molecule has 0 saturated carbocycles. The molecular formula is C12H23N5O. The zero-order chi connectivity index (χ0) is 13.5. The van der Waals surface area contributed by atoms with Crippen LogP contribution >= 0.6 is 0 Å². The van der Waals surface area contributed by atoms with Crippen molar-refractivity contribution in [3.63, 3.8) is 0 Å². The van der Waals surface area contributed by atoms with Gasteiger partial charge in [-0.1, -0.05) is 20.8 Å². The lowest BCUT2D eigenvalue weighted by Crippen LogP contribution is -2.25. The van der Waals surface area contributed by atoms with Crippen LogP contribution in [0.25, 0.3) is 0 Å². The minimum absolute atomic E-state index is 0.377. The zero-order valence-corrected chi connectivity index (χ0v) is 11.9. The molecule has 0 aromatic carbocycles. The second-order valence-electron chi connectivity index (χ2n) is 4.61. The van der Waals surface area contributed by atoms with Crippen LogP contribution in [0.15, 0.2) is 0 Å². The van der Waals surface area contributed by atoms with Crippen molar-refractivity contribution < 1.29 is 4.74 Å². The molecule has 1 aromatic rings. The molecule has 0 atom stereocenters. The fourth-order valence-electron chi connectivity index (χ4n) is 1.52. The first-order valence-electron chi connectivity index (χ1n) is 6.34. The van der Waals surface area contributed by atoms with Crippen molar-refractivity contribution in [1.82, 2.24) is 15.0 Å². The van der Waals surface area contributed by atoms with Gasteiger partial charge in [0.2, 0.25) is 11.9 Å². The van der Waals surface area contributed by atoms with E-state index < -0.39 is 0 Å². The SMILES string of the molecule is CCCOc1nc(NC)nc(N(C)CC(C)C)n1. The Morgan fingerprint density at radius 3 is 2.56 bits per heavy atom. The zero-order valence-electron chi connectivity index (χ0n) is 11.9. The normalized spacial score (nSPS) is 10.6. The smallest absolute Gasteiger partial charge is 0.323 e. The first-order chi connectivity index (χ1) is 8.56. The molecule has 0 aliphatic rings. The van der Waals surface area contributed by atoms with Gasteiger partial charge in [0.1, 0.15) is 0 Å². The quantitative estimate of drug-likeness (QED) is 0.799. The number of nitrogens with zero attached hydrogens (tertiary/aromatic N) is 4. The van der Waals surface area contributed by atoms with E-state index in [1.807, 2.05) is 18.9 Å². The van der Waals surface area contributed by atoms with Crippen LogP contribution in [0.2, 0.25) is 0 Å². The molecule has 18 heavy (non-hydrogen) atoms. The molecule has 1 heterocycles. The van der Waals surface area contributed by atoms with Gasteiger partial charge in [-0.3, -0.25) is 0 Å². The topological polar surface area (TPSA) is 63.2 Å². The maximum Gasteiger partial charge on any atom is 0.323 e. The molecule has 102 valence electrons. The molecule has 1 rings (SSSR count). The molecule has 0 amide bonds. The van der Waals surface area contributed by atoms with Gasteiger partial charge in [-0.15, -0.1) is 0 Å². The Labute approximate surface area is 109 Å². The van der Waals surface area contributed by atoms with Gasteiger partial charge >= 0.3 is 6.01 Å². The highest BCUT2D eigenvalue weighted by Crippen LogP contribution is 2.14. The predicted molar refractivity (Wildman–Crippen MR) is 73.3 cm³/mol. The standard InChI is InChI=1S/C12H23N5O/c1-6-7-18-12-15-10(13-4)14-11(16-12)17(5)8-9(2)3/h9H,6-8H2,1-5H3,(H,13,14,15,16). The van der Waals surface area contributed by atoms with E-state index in [1.54, 1.807) is 7.05 Å². The van der Waals surface area contributed by atoms with Gasteiger partial charge in [0.15, 0.2) is 0 Å². The molecule has 0 spiro atoms. The number of nitrogens with one attached hydrogen (secondary N) is 1. The number of hydrogen-bond acceptors (Lipinski definition) is 6. The Balaban J connectivity index is 2.88. The summed E-state index contributed by atoms with van der Waals surface area (Å²) in [5.41, 5.74) is 0. The maximum absolute atomic E-state index is 5.46. The minimum Gasteiger partial charge on any atom is -0.463 e. The molecule has 0 fully saturated rings. The summed E-state index contributed by atoms with van der Waals surface area (Å²) in [5.74, 6) is 1.71. The Kier molecular flexibility index (Phi) is 5.61. The summed E-state index contributed by atoms with van der Waals surface area (Å²) in [7, 11) is 3.75. The number of rotatable bonds is 7. The minimum atomic E-state index is 0.377. The summed E-state index contributed by atoms with van der Waals surface area (Å²) < 4.78 is 5.46. The average molecular weight is 253 g/mol. The Bertz CT molecular complexity index is 369. The van der Waals surface area contributed by atoms with Crippen molar-refractivity contribution in [3.8, 4) is 6.01 Å². The van der Waals surface area contributed by atoms with E-state index >= 15 is 0 Å². The summed E-state index contributed by atoms with van der Waals surface area (Å²) in [4.78, 5) is 14.8. The van der Waals surface area contributed by atoms with Crippen LogP contribution in [0.3, 0.4) is 0 Å². The Morgan fingerprint density at radius 1 is 1.28 bits per heavy atom. The Morgan fingerprint density at radius 2 is 2.00 bits per heavy atom. The molecule has 0 saturated heterocycles. The van der Waals surface area contributed by atoms with Crippen molar-refractivity contribution in [2.75, 3.05) is 37.5 Å². The molecule has 1 aromatic heterocycles. The van der Waals surface area contributed by atoms with Gasteiger partial charge in [-0.25, -0.2) is 0 Å². The predicted octanol–water partition coefficient (Wildman–Crippen LogP) is 1.79. The largest absolute Gasteiger partial charge is 0.463 e. The highest BCUT2D eigenvalue weighted by atomic mass is 16.5. The third kappa shape index (κ3) is 4.35. The fraction of sp³-hybridized carbons (Fsp3) is 0.750. The summed E-state index contributed by atoms with van der Waals surface area (Å²) >= 11 is 0. The van der Waals surface area contributed by atoms with E-state index in [2.05, 4.69) is 34.1 Å². The van der Waals surface area contributed by atoms with E-state index in [4.69, 9.17) is 4.74 Å². The van der Waals surface area contributed by atoms with Gasteiger partial charge in [-0.2, -0.15) is 15.0 Å². The molecular weight excluding hydrogens is 230 g/mol. The van der Waals surface area contributed by atoms with E-state index in [0.29, 0.717) is 30.4 Å². The highest BCUT2D eigenvalue weighted by molar-refractivity contribution is 5.37. The molecule has 1 N–H and O–H groups in total. The summed E-state index contributed by atoms with van der Waals surface area (Å²) in [6.45, 7) is 7.86. The van der Waals surface area contributed by atoms with Gasteiger partial charge < -0.3 is 15.0 Å². The van der Waals surface area contributed by atoms with Crippen molar-refractivity contribution in [2.45, 2.75) is 27.2 Å². The van der Waals surface area contributed by atoms with Crippen LogP contribution in [-0.4, -0.2) is 42.2 Å². The van der Waals surface area contributed by atoms with Crippen LogP contribution < -0.4 is 15.0 Å².